The van der Waals surface area contributed by atoms with Gasteiger partial charge in [-0.25, -0.2) is 0 Å². The Hall–Kier alpha value is -7.94. The van der Waals surface area contributed by atoms with Crippen LogP contribution in [-0.4, -0.2) is 0 Å². The van der Waals surface area contributed by atoms with Crippen LogP contribution in [0.5, 0.6) is 0 Å². The van der Waals surface area contributed by atoms with Crippen LogP contribution in [0.15, 0.2) is 231 Å². The fourth-order valence-corrected chi connectivity index (χ4v) is 9.32. The number of anilines is 6. The Balaban J connectivity index is 1.24. The molecule has 0 radical (unpaired) electrons. The van der Waals surface area contributed by atoms with E-state index in [4.69, 9.17) is 0 Å². The van der Waals surface area contributed by atoms with Crippen molar-refractivity contribution < 1.29 is 0 Å². The van der Waals surface area contributed by atoms with Gasteiger partial charge in [-0.15, -0.1) is 0 Å². The third kappa shape index (κ3) is 8.22. The normalized spacial score (nSPS) is 11.1. The molecular formula is C62H50N2. The molecule has 0 amide bonds. The van der Waals surface area contributed by atoms with Crippen LogP contribution in [-0.2, 0) is 0 Å². The van der Waals surface area contributed by atoms with Crippen LogP contribution in [0, 0.1) is 27.7 Å². The van der Waals surface area contributed by atoms with E-state index in [1.54, 1.807) is 0 Å². The zero-order valence-electron chi connectivity index (χ0n) is 36.8. The average molecular weight is 823 g/mol. The maximum atomic E-state index is 2.43. The van der Waals surface area contributed by atoms with Gasteiger partial charge in [-0.3, -0.25) is 0 Å². The number of hydrogen-bond donors (Lipinski definition) is 0. The van der Waals surface area contributed by atoms with Gasteiger partial charge in [0.05, 0.1) is 0 Å². The van der Waals surface area contributed by atoms with Crippen LogP contribution in [0.3, 0.4) is 0 Å². The molecule has 2 heteroatoms. The van der Waals surface area contributed by atoms with E-state index in [0.29, 0.717) is 0 Å². The number of benzene rings is 10. The van der Waals surface area contributed by atoms with E-state index in [2.05, 4.69) is 268 Å². The predicted octanol–water partition coefficient (Wildman–Crippen LogP) is 17.7. The molecule has 0 aliphatic carbocycles. The minimum atomic E-state index is 1.09. The molecule has 0 aliphatic heterocycles. The molecule has 0 aromatic heterocycles. The van der Waals surface area contributed by atoms with Gasteiger partial charge in [-0.2, -0.15) is 0 Å². The zero-order valence-corrected chi connectivity index (χ0v) is 36.8. The van der Waals surface area contributed by atoms with Gasteiger partial charge in [-0.05, 0) is 178 Å². The fourth-order valence-electron chi connectivity index (χ4n) is 9.32. The van der Waals surface area contributed by atoms with Gasteiger partial charge in [0.2, 0.25) is 0 Å². The topological polar surface area (TPSA) is 6.48 Å². The van der Waals surface area contributed by atoms with Crippen molar-refractivity contribution >= 4 is 44.9 Å². The number of fused-ring (bicyclic) bond motifs is 1. The van der Waals surface area contributed by atoms with Crippen molar-refractivity contribution in [3.63, 3.8) is 0 Å². The Kier molecular flexibility index (Phi) is 10.9. The highest BCUT2D eigenvalue weighted by atomic mass is 15.1. The van der Waals surface area contributed by atoms with E-state index >= 15 is 0 Å². The third-order valence-electron chi connectivity index (χ3n) is 12.1. The Morgan fingerprint density at radius 3 is 0.797 bits per heavy atom. The van der Waals surface area contributed by atoms with Crippen molar-refractivity contribution in [1.82, 2.24) is 0 Å². The minimum Gasteiger partial charge on any atom is -0.310 e. The van der Waals surface area contributed by atoms with Crippen LogP contribution in [0.1, 0.15) is 22.3 Å². The Bertz CT molecular complexity index is 2950. The Labute approximate surface area is 378 Å². The van der Waals surface area contributed by atoms with Crippen LogP contribution in [0.2, 0.25) is 0 Å². The lowest BCUT2D eigenvalue weighted by Crippen LogP contribution is -2.12. The molecule has 2 nitrogen and oxygen atoms in total. The number of aryl methyl sites for hydroxylation is 4. The molecule has 0 N–H and O–H groups in total. The second-order valence-corrected chi connectivity index (χ2v) is 17.0. The van der Waals surface area contributed by atoms with E-state index in [9.17, 15) is 0 Å². The van der Waals surface area contributed by atoms with Gasteiger partial charge < -0.3 is 9.80 Å². The summed E-state index contributed by atoms with van der Waals surface area (Å²) in [5, 5.41) is 2.36. The lowest BCUT2D eigenvalue weighted by atomic mass is 9.90. The number of rotatable bonds is 10. The molecule has 64 heavy (non-hydrogen) atoms. The standard InChI is InChI=1S/C62H50N2/c1-43-33-44(2)36-55(35-43)63(53-29-25-49(26-30-53)47-17-9-5-10-18-47)57-39-59(51-21-13-7-14-22-51)62-42-58(40-60(61(62)41-57)52-23-15-8-16-24-52)64(56-37-45(3)34-46(4)38-56)54-31-27-50(28-32-54)48-19-11-6-12-20-48/h5-42H,1-4H3. The first-order chi connectivity index (χ1) is 31.3. The lowest BCUT2D eigenvalue weighted by molar-refractivity contribution is 1.25. The molecule has 0 spiro atoms. The first-order valence-corrected chi connectivity index (χ1v) is 22.2. The van der Waals surface area contributed by atoms with Gasteiger partial charge in [0.15, 0.2) is 0 Å². The summed E-state index contributed by atoms with van der Waals surface area (Å²) in [6.45, 7) is 8.76. The maximum Gasteiger partial charge on any atom is 0.0474 e. The first kappa shape index (κ1) is 40.2. The smallest absolute Gasteiger partial charge is 0.0474 e. The van der Waals surface area contributed by atoms with E-state index < -0.39 is 0 Å². The van der Waals surface area contributed by atoms with Crippen molar-refractivity contribution in [2.24, 2.45) is 0 Å². The van der Waals surface area contributed by atoms with Crippen molar-refractivity contribution in [1.29, 1.82) is 0 Å². The molecular weight excluding hydrogens is 773 g/mol. The SMILES string of the molecule is Cc1cc(C)cc(N(c2ccc(-c3ccccc3)cc2)c2cc(-c3ccccc3)c3cc(N(c4ccc(-c5ccccc5)cc4)c4cc(C)cc(C)c4)cc(-c4ccccc4)c3c2)c1. The van der Waals surface area contributed by atoms with Crippen LogP contribution in [0.4, 0.5) is 34.1 Å². The molecule has 0 aliphatic rings. The van der Waals surface area contributed by atoms with E-state index in [1.165, 1.54) is 66.4 Å². The molecule has 10 rings (SSSR count). The van der Waals surface area contributed by atoms with Gasteiger partial charge in [0.25, 0.3) is 0 Å². The first-order valence-electron chi connectivity index (χ1n) is 22.2. The summed E-state index contributed by atoms with van der Waals surface area (Å²) in [7, 11) is 0. The molecule has 0 saturated heterocycles. The van der Waals surface area contributed by atoms with Crippen molar-refractivity contribution in [2.45, 2.75) is 27.7 Å². The highest BCUT2D eigenvalue weighted by Gasteiger charge is 2.22. The molecule has 0 saturated carbocycles. The van der Waals surface area contributed by atoms with E-state index in [1.807, 2.05) is 0 Å². The zero-order chi connectivity index (χ0) is 43.6. The fraction of sp³-hybridized carbons (Fsp3) is 0.0645. The second kappa shape index (κ2) is 17.4. The van der Waals surface area contributed by atoms with Gasteiger partial charge in [-0.1, -0.05) is 158 Å². The molecule has 0 atom stereocenters. The summed E-state index contributed by atoms with van der Waals surface area (Å²) in [6.07, 6.45) is 0. The molecule has 10 aromatic rings. The summed E-state index contributed by atoms with van der Waals surface area (Å²) in [4.78, 5) is 4.86. The van der Waals surface area contributed by atoms with Crippen molar-refractivity contribution in [3.05, 3.63) is 253 Å². The summed E-state index contributed by atoms with van der Waals surface area (Å²) in [5.41, 5.74) is 21.0. The number of hydrogen-bond acceptors (Lipinski definition) is 2. The lowest BCUT2D eigenvalue weighted by Gasteiger charge is -2.30. The molecule has 308 valence electrons. The molecule has 0 fully saturated rings. The van der Waals surface area contributed by atoms with Crippen LogP contribution < -0.4 is 9.80 Å². The van der Waals surface area contributed by atoms with Crippen molar-refractivity contribution in [2.75, 3.05) is 9.80 Å². The Morgan fingerprint density at radius 2 is 0.484 bits per heavy atom. The second-order valence-electron chi connectivity index (χ2n) is 17.0. The summed E-state index contributed by atoms with van der Waals surface area (Å²) >= 11 is 0. The summed E-state index contributed by atoms with van der Waals surface area (Å²) < 4.78 is 0. The number of nitrogens with zero attached hydrogens (tertiary/aromatic N) is 2. The average Bonchev–Trinajstić information content (AvgIpc) is 3.32. The molecule has 10 aromatic carbocycles. The highest BCUT2D eigenvalue weighted by molar-refractivity contribution is 6.10. The van der Waals surface area contributed by atoms with E-state index in [0.717, 1.165) is 45.3 Å². The highest BCUT2D eigenvalue weighted by Crippen LogP contribution is 2.47. The minimum absolute atomic E-state index is 1.09. The maximum absolute atomic E-state index is 2.43. The summed E-state index contributed by atoms with van der Waals surface area (Å²) in [5.74, 6) is 0. The Morgan fingerprint density at radius 1 is 0.219 bits per heavy atom. The molecule has 0 bridgehead atoms. The molecule has 0 heterocycles. The quantitative estimate of drug-likeness (QED) is 0.136. The largest absolute Gasteiger partial charge is 0.310 e. The van der Waals surface area contributed by atoms with Gasteiger partial charge in [0.1, 0.15) is 0 Å². The molecule has 0 unspecified atom stereocenters. The van der Waals surface area contributed by atoms with Gasteiger partial charge >= 0.3 is 0 Å². The monoisotopic (exact) mass is 822 g/mol. The van der Waals surface area contributed by atoms with Crippen molar-refractivity contribution in [3.8, 4) is 44.5 Å². The third-order valence-corrected chi connectivity index (χ3v) is 12.1. The summed E-state index contributed by atoms with van der Waals surface area (Å²) in [6, 6.07) is 84.4. The van der Waals surface area contributed by atoms with Gasteiger partial charge in [0, 0.05) is 34.1 Å². The van der Waals surface area contributed by atoms with Crippen LogP contribution in [0.25, 0.3) is 55.3 Å². The van der Waals surface area contributed by atoms with Crippen LogP contribution >= 0.6 is 0 Å². The van der Waals surface area contributed by atoms with E-state index in [-0.39, 0.29) is 0 Å². The predicted molar refractivity (Wildman–Crippen MR) is 274 cm³/mol.